The summed E-state index contributed by atoms with van der Waals surface area (Å²) in [6.45, 7) is 0.465. The standard InChI is InChI=1S/C13H11BrN4O2/c14-10-5-4-9(20-10)13(19)15-7-6-12-17-16-11-3-1-2-8-18(11)12/h1-5,8H,6-7H2,(H,15,19). The summed E-state index contributed by atoms with van der Waals surface area (Å²) in [6, 6.07) is 9.01. The molecule has 102 valence electrons. The van der Waals surface area contributed by atoms with Crippen molar-refractivity contribution in [1.82, 2.24) is 19.9 Å². The minimum atomic E-state index is -0.246. The first-order valence-electron chi connectivity index (χ1n) is 6.06. The van der Waals surface area contributed by atoms with Crippen LogP contribution in [0.2, 0.25) is 0 Å². The van der Waals surface area contributed by atoms with Crippen molar-refractivity contribution >= 4 is 27.5 Å². The van der Waals surface area contributed by atoms with Gasteiger partial charge in [0.15, 0.2) is 16.1 Å². The Bertz CT molecular complexity index is 750. The van der Waals surface area contributed by atoms with Crippen molar-refractivity contribution in [3.63, 3.8) is 0 Å². The highest BCUT2D eigenvalue weighted by molar-refractivity contribution is 9.10. The lowest BCUT2D eigenvalue weighted by atomic mass is 10.3. The molecule has 3 heterocycles. The van der Waals surface area contributed by atoms with Crippen molar-refractivity contribution in [2.24, 2.45) is 0 Å². The lowest BCUT2D eigenvalue weighted by Gasteiger charge is -2.02. The summed E-state index contributed by atoms with van der Waals surface area (Å²) in [7, 11) is 0. The van der Waals surface area contributed by atoms with Gasteiger partial charge in [-0.2, -0.15) is 0 Å². The number of furan rings is 1. The van der Waals surface area contributed by atoms with Crippen molar-refractivity contribution in [3.05, 3.63) is 52.8 Å². The maximum absolute atomic E-state index is 11.8. The molecular formula is C13H11BrN4O2. The van der Waals surface area contributed by atoms with Crippen LogP contribution in [0.15, 0.2) is 45.6 Å². The van der Waals surface area contributed by atoms with Gasteiger partial charge in [-0.3, -0.25) is 9.20 Å². The number of carbonyl (C=O) groups is 1. The van der Waals surface area contributed by atoms with Gasteiger partial charge in [0, 0.05) is 19.2 Å². The number of carbonyl (C=O) groups excluding carboxylic acids is 1. The Hall–Kier alpha value is -2.15. The summed E-state index contributed by atoms with van der Waals surface area (Å²) in [5.74, 6) is 0.842. The number of fused-ring (bicyclic) bond motifs is 1. The van der Waals surface area contributed by atoms with Crippen LogP contribution in [0, 0.1) is 0 Å². The van der Waals surface area contributed by atoms with Crippen LogP contribution in [0.5, 0.6) is 0 Å². The number of pyridine rings is 1. The van der Waals surface area contributed by atoms with E-state index in [1.54, 1.807) is 12.1 Å². The van der Waals surface area contributed by atoms with Crippen LogP contribution in [-0.4, -0.2) is 27.0 Å². The van der Waals surface area contributed by atoms with Crippen molar-refractivity contribution in [3.8, 4) is 0 Å². The highest BCUT2D eigenvalue weighted by atomic mass is 79.9. The molecule has 0 saturated carbocycles. The Morgan fingerprint density at radius 3 is 3.00 bits per heavy atom. The van der Waals surface area contributed by atoms with Crippen molar-refractivity contribution in [1.29, 1.82) is 0 Å². The Morgan fingerprint density at radius 2 is 2.20 bits per heavy atom. The summed E-state index contributed by atoms with van der Waals surface area (Å²) in [6.07, 6.45) is 2.49. The molecule has 0 aliphatic heterocycles. The van der Waals surface area contributed by atoms with E-state index in [4.69, 9.17) is 4.42 Å². The van der Waals surface area contributed by atoms with Gasteiger partial charge in [0.1, 0.15) is 5.82 Å². The van der Waals surface area contributed by atoms with Gasteiger partial charge < -0.3 is 9.73 Å². The third kappa shape index (κ3) is 2.57. The monoisotopic (exact) mass is 334 g/mol. The fourth-order valence-corrected chi connectivity index (χ4v) is 2.18. The molecule has 20 heavy (non-hydrogen) atoms. The molecule has 0 aromatic carbocycles. The molecule has 3 aromatic rings. The number of halogens is 1. The maximum atomic E-state index is 11.8. The molecule has 0 aliphatic rings. The van der Waals surface area contributed by atoms with E-state index >= 15 is 0 Å². The number of aromatic nitrogens is 3. The second-order valence-electron chi connectivity index (χ2n) is 4.15. The minimum Gasteiger partial charge on any atom is -0.444 e. The first-order valence-corrected chi connectivity index (χ1v) is 6.85. The molecule has 3 aromatic heterocycles. The lowest BCUT2D eigenvalue weighted by Crippen LogP contribution is -2.25. The van der Waals surface area contributed by atoms with Crippen molar-refractivity contribution in [2.45, 2.75) is 6.42 Å². The van der Waals surface area contributed by atoms with Crippen LogP contribution in [0.25, 0.3) is 5.65 Å². The zero-order valence-electron chi connectivity index (χ0n) is 10.4. The molecule has 0 fully saturated rings. The predicted octanol–water partition coefficient (Wildman–Crippen LogP) is 2.06. The lowest BCUT2D eigenvalue weighted by molar-refractivity contribution is 0.0925. The van der Waals surface area contributed by atoms with Crippen LogP contribution in [0.4, 0.5) is 0 Å². The van der Waals surface area contributed by atoms with Gasteiger partial charge in [-0.05, 0) is 40.2 Å². The Kier molecular flexibility index (Phi) is 3.51. The summed E-state index contributed by atoms with van der Waals surface area (Å²) in [5, 5.41) is 10.9. The molecule has 3 rings (SSSR count). The summed E-state index contributed by atoms with van der Waals surface area (Å²) >= 11 is 3.16. The number of hydrogen-bond acceptors (Lipinski definition) is 4. The third-order valence-corrected chi connectivity index (χ3v) is 3.24. The number of rotatable bonds is 4. The molecule has 1 amide bonds. The maximum Gasteiger partial charge on any atom is 0.287 e. The second-order valence-corrected chi connectivity index (χ2v) is 4.94. The van der Waals surface area contributed by atoms with Crippen LogP contribution in [-0.2, 0) is 6.42 Å². The zero-order valence-corrected chi connectivity index (χ0v) is 12.0. The first kappa shape index (κ1) is 12.9. The molecule has 0 bridgehead atoms. The fourth-order valence-electron chi connectivity index (χ4n) is 1.87. The first-order chi connectivity index (χ1) is 9.74. The van der Waals surface area contributed by atoms with Gasteiger partial charge in [-0.1, -0.05) is 6.07 Å². The van der Waals surface area contributed by atoms with Gasteiger partial charge in [0.05, 0.1) is 0 Å². The van der Waals surface area contributed by atoms with E-state index in [1.807, 2.05) is 28.8 Å². The van der Waals surface area contributed by atoms with E-state index in [0.717, 1.165) is 11.5 Å². The van der Waals surface area contributed by atoms with Gasteiger partial charge >= 0.3 is 0 Å². The smallest absolute Gasteiger partial charge is 0.287 e. The summed E-state index contributed by atoms with van der Waals surface area (Å²) < 4.78 is 7.61. The average molecular weight is 335 g/mol. The zero-order chi connectivity index (χ0) is 13.9. The predicted molar refractivity (Wildman–Crippen MR) is 75.4 cm³/mol. The molecule has 0 aliphatic carbocycles. The molecule has 0 atom stereocenters. The quantitative estimate of drug-likeness (QED) is 0.792. The van der Waals surface area contributed by atoms with E-state index in [2.05, 4.69) is 31.4 Å². The van der Waals surface area contributed by atoms with E-state index in [9.17, 15) is 4.79 Å². The largest absolute Gasteiger partial charge is 0.444 e. The Morgan fingerprint density at radius 1 is 1.30 bits per heavy atom. The number of amides is 1. The summed E-state index contributed by atoms with van der Waals surface area (Å²) in [5.41, 5.74) is 0.795. The Balaban J connectivity index is 1.61. The molecule has 7 heteroatoms. The van der Waals surface area contributed by atoms with Crippen LogP contribution >= 0.6 is 15.9 Å². The van der Waals surface area contributed by atoms with Gasteiger partial charge in [-0.25, -0.2) is 0 Å². The average Bonchev–Trinajstić information content (AvgIpc) is 3.06. The third-order valence-electron chi connectivity index (χ3n) is 2.82. The van der Waals surface area contributed by atoms with Crippen LogP contribution < -0.4 is 5.32 Å². The minimum absolute atomic E-state index is 0.246. The van der Waals surface area contributed by atoms with E-state index in [0.29, 0.717) is 17.6 Å². The van der Waals surface area contributed by atoms with Gasteiger partial charge in [-0.15, -0.1) is 10.2 Å². The van der Waals surface area contributed by atoms with Crippen molar-refractivity contribution < 1.29 is 9.21 Å². The normalized spacial score (nSPS) is 10.8. The van der Waals surface area contributed by atoms with E-state index in [1.165, 1.54) is 0 Å². The SMILES string of the molecule is O=C(NCCc1nnc2ccccn12)c1ccc(Br)o1. The molecule has 0 saturated heterocycles. The molecular weight excluding hydrogens is 324 g/mol. The van der Waals surface area contributed by atoms with Crippen LogP contribution in [0.3, 0.4) is 0 Å². The number of nitrogens with zero attached hydrogens (tertiary/aromatic N) is 3. The van der Waals surface area contributed by atoms with Crippen LogP contribution in [0.1, 0.15) is 16.4 Å². The fraction of sp³-hybridized carbons (Fsp3) is 0.154. The topological polar surface area (TPSA) is 72.4 Å². The van der Waals surface area contributed by atoms with E-state index in [-0.39, 0.29) is 11.7 Å². The summed E-state index contributed by atoms with van der Waals surface area (Å²) in [4.78, 5) is 11.8. The van der Waals surface area contributed by atoms with Crippen molar-refractivity contribution in [2.75, 3.05) is 6.54 Å². The molecule has 0 unspecified atom stereocenters. The molecule has 1 N–H and O–H groups in total. The van der Waals surface area contributed by atoms with Gasteiger partial charge in [0.2, 0.25) is 0 Å². The highest BCUT2D eigenvalue weighted by Gasteiger charge is 2.10. The number of hydrogen-bond donors (Lipinski definition) is 1. The number of nitrogens with one attached hydrogen (secondary N) is 1. The van der Waals surface area contributed by atoms with E-state index < -0.39 is 0 Å². The molecule has 0 spiro atoms. The second kappa shape index (κ2) is 5.46. The Labute approximate surface area is 122 Å². The molecule has 0 radical (unpaired) electrons. The van der Waals surface area contributed by atoms with Gasteiger partial charge in [0.25, 0.3) is 5.91 Å². The molecule has 6 nitrogen and oxygen atoms in total. The highest BCUT2D eigenvalue weighted by Crippen LogP contribution is 2.13.